The zero-order valence-electron chi connectivity index (χ0n) is 20.0. The number of carbonyl (C=O) groups excluding carboxylic acids is 1. The topological polar surface area (TPSA) is 88.5 Å². The molecule has 1 aromatic heterocycles. The number of nitrogens with one attached hydrogen (secondary N) is 1. The zero-order chi connectivity index (χ0) is 26.5. The molecule has 0 saturated heterocycles. The second-order valence-electron chi connectivity index (χ2n) is 8.91. The summed E-state index contributed by atoms with van der Waals surface area (Å²) in [6, 6.07) is 7.74. The van der Waals surface area contributed by atoms with Crippen LogP contribution in [0.2, 0.25) is 10.0 Å². The lowest BCUT2D eigenvalue weighted by molar-refractivity contribution is -0.132. The number of carboxylic acid groups (broad SMARTS) is 1. The number of rotatable bonds is 8. The van der Waals surface area contributed by atoms with Gasteiger partial charge in [0.15, 0.2) is 16.7 Å². The van der Waals surface area contributed by atoms with Crippen LogP contribution in [-0.4, -0.2) is 28.6 Å². The normalized spacial score (nSPS) is 14.4. The van der Waals surface area contributed by atoms with Crippen molar-refractivity contribution in [3.63, 3.8) is 0 Å². The number of hydrogen-bond donors (Lipinski definition) is 2. The molecule has 2 aromatic carbocycles. The number of thiazole rings is 1. The summed E-state index contributed by atoms with van der Waals surface area (Å²) < 4.78 is 21.0. The van der Waals surface area contributed by atoms with Crippen molar-refractivity contribution in [2.24, 2.45) is 5.92 Å². The molecule has 0 aliphatic heterocycles. The van der Waals surface area contributed by atoms with Crippen molar-refractivity contribution in [3.05, 3.63) is 68.3 Å². The number of carbonyl (C=O) groups is 2. The number of aromatic nitrogens is 1. The van der Waals surface area contributed by atoms with Crippen LogP contribution in [0.5, 0.6) is 5.75 Å². The lowest BCUT2D eigenvalue weighted by Crippen LogP contribution is -2.15. The molecule has 10 heteroatoms. The Morgan fingerprint density at radius 1 is 1.22 bits per heavy atom. The second-order valence-corrected chi connectivity index (χ2v) is 10.6. The molecular formula is C27H25Cl2FN2O4S. The van der Waals surface area contributed by atoms with Crippen LogP contribution in [0.4, 0.5) is 9.52 Å². The number of ether oxygens (including phenoxy) is 1. The molecule has 2 N–H and O–H groups in total. The van der Waals surface area contributed by atoms with E-state index >= 15 is 4.39 Å². The Morgan fingerprint density at radius 2 is 1.92 bits per heavy atom. The van der Waals surface area contributed by atoms with Gasteiger partial charge in [-0.15, -0.1) is 11.3 Å². The molecule has 1 aliphatic rings. The van der Waals surface area contributed by atoms with E-state index < -0.39 is 17.7 Å². The minimum absolute atomic E-state index is 0.0482. The van der Waals surface area contributed by atoms with Gasteiger partial charge in [-0.2, -0.15) is 0 Å². The van der Waals surface area contributed by atoms with E-state index in [0.717, 1.165) is 24.2 Å². The highest BCUT2D eigenvalue weighted by Gasteiger charge is 2.19. The molecule has 1 heterocycles. The van der Waals surface area contributed by atoms with Gasteiger partial charge in [0.05, 0.1) is 22.3 Å². The van der Waals surface area contributed by atoms with Crippen molar-refractivity contribution in [1.82, 2.24) is 4.98 Å². The number of benzene rings is 2. The SMILES string of the molecule is CC(=Cc1c(Cl)cc(C(=O)Nc2nc(-c3cccc(OCC4CCCCC4)c3F)cs2)cc1Cl)C(=O)O. The first-order chi connectivity index (χ1) is 17.7. The molecular weight excluding hydrogens is 538 g/mol. The largest absolute Gasteiger partial charge is 0.490 e. The molecule has 1 amide bonds. The lowest BCUT2D eigenvalue weighted by Gasteiger charge is -2.22. The Labute approximate surface area is 228 Å². The molecule has 1 fully saturated rings. The van der Waals surface area contributed by atoms with Crippen molar-refractivity contribution >= 4 is 57.6 Å². The van der Waals surface area contributed by atoms with E-state index in [1.807, 2.05) is 0 Å². The van der Waals surface area contributed by atoms with Gasteiger partial charge in [0.1, 0.15) is 0 Å². The van der Waals surface area contributed by atoms with Crippen LogP contribution >= 0.6 is 34.5 Å². The van der Waals surface area contributed by atoms with E-state index in [1.165, 1.54) is 44.4 Å². The van der Waals surface area contributed by atoms with Gasteiger partial charge < -0.3 is 9.84 Å². The van der Waals surface area contributed by atoms with E-state index in [4.69, 9.17) is 33.0 Å². The summed E-state index contributed by atoms with van der Waals surface area (Å²) in [4.78, 5) is 28.3. The van der Waals surface area contributed by atoms with Crippen LogP contribution in [0.1, 0.15) is 54.9 Å². The molecule has 0 radical (unpaired) electrons. The van der Waals surface area contributed by atoms with Gasteiger partial charge in [-0.3, -0.25) is 10.1 Å². The molecule has 0 unspecified atom stereocenters. The quantitative estimate of drug-likeness (QED) is 0.272. The smallest absolute Gasteiger partial charge is 0.331 e. The van der Waals surface area contributed by atoms with Crippen molar-refractivity contribution < 1.29 is 23.8 Å². The molecule has 0 atom stereocenters. The Hall–Kier alpha value is -2.94. The predicted molar refractivity (Wildman–Crippen MR) is 145 cm³/mol. The van der Waals surface area contributed by atoms with Crippen LogP contribution in [0.25, 0.3) is 17.3 Å². The van der Waals surface area contributed by atoms with Crippen molar-refractivity contribution in [2.75, 3.05) is 11.9 Å². The summed E-state index contributed by atoms with van der Waals surface area (Å²) in [5.74, 6) is -1.46. The maximum Gasteiger partial charge on any atom is 0.331 e. The van der Waals surface area contributed by atoms with Crippen molar-refractivity contribution in [2.45, 2.75) is 39.0 Å². The van der Waals surface area contributed by atoms with E-state index in [1.54, 1.807) is 23.6 Å². The average molecular weight is 563 g/mol. The monoisotopic (exact) mass is 562 g/mol. The summed E-state index contributed by atoms with van der Waals surface area (Å²) in [6.45, 7) is 1.91. The molecule has 6 nitrogen and oxygen atoms in total. The van der Waals surface area contributed by atoms with E-state index in [-0.39, 0.29) is 37.6 Å². The second kappa shape index (κ2) is 12.1. The minimum atomic E-state index is -1.11. The Morgan fingerprint density at radius 3 is 2.59 bits per heavy atom. The molecule has 1 saturated carbocycles. The van der Waals surface area contributed by atoms with Crippen LogP contribution in [0, 0.1) is 11.7 Å². The standard InChI is InChI=1S/C27H25Cl2FN2O4S/c1-15(26(34)35)10-19-20(28)11-17(12-21(19)29)25(33)32-27-31-22(14-37-27)18-8-5-9-23(24(18)30)36-13-16-6-3-2-4-7-16/h5,8-12,14,16H,2-4,6-7,13H2,1H3,(H,34,35)(H,31,32,33). The minimum Gasteiger partial charge on any atom is -0.490 e. The molecule has 0 spiro atoms. The van der Waals surface area contributed by atoms with Crippen molar-refractivity contribution in [1.29, 1.82) is 0 Å². The third kappa shape index (κ3) is 6.69. The van der Waals surface area contributed by atoms with Crippen molar-refractivity contribution in [3.8, 4) is 17.0 Å². The fourth-order valence-corrected chi connectivity index (χ4v) is 5.44. The summed E-state index contributed by atoms with van der Waals surface area (Å²) >= 11 is 13.7. The third-order valence-electron chi connectivity index (χ3n) is 6.20. The zero-order valence-corrected chi connectivity index (χ0v) is 22.4. The highest BCUT2D eigenvalue weighted by atomic mass is 35.5. The maximum absolute atomic E-state index is 15.2. The molecule has 0 bridgehead atoms. The van der Waals surface area contributed by atoms with Crippen LogP contribution in [0.3, 0.4) is 0 Å². The number of carboxylic acids is 1. The average Bonchev–Trinajstić information content (AvgIpc) is 3.34. The van der Waals surface area contributed by atoms with E-state index in [2.05, 4.69) is 10.3 Å². The highest BCUT2D eigenvalue weighted by Crippen LogP contribution is 2.33. The number of nitrogens with zero attached hydrogens (tertiary/aromatic N) is 1. The van der Waals surface area contributed by atoms with Gasteiger partial charge in [-0.1, -0.05) is 48.5 Å². The predicted octanol–water partition coefficient (Wildman–Crippen LogP) is 7.96. The number of aliphatic carboxylic acids is 1. The summed E-state index contributed by atoms with van der Waals surface area (Å²) in [6.07, 6.45) is 7.17. The van der Waals surface area contributed by atoms with Gasteiger partial charge in [0, 0.05) is 27.6 Å². The fourth-order valence-electron chi connectivity index (χ4n) is 4.14. The molecule has 4 rings (SSSR count). The first kappa shape index (κ1) is 27.1. The number of amides is 1. The van der Waals surface area contributed by atoms with Crippen LogP contribution in [0.15, 0.2) is 41.3 Å². The lowest BCUT2D eigenvalue weighted by atomic mass is 9.90. The van der Waals surface area contributed by atoms with Gasteiger partial charge >= 0.3 is 5.97 Å². The first-order valence-electron chi connectivity index (χ1n) is 11.8. The molecule has 1 aliphatic carbocycles. The number of anilines is 1. The third-order valence-corrected chi connectivity index (χ3v) is 7.59. The molecule has 37 heavy (non-hydrogen) atoms. The van der Waals surface area contributed by atoms with Gasteiger partial charge in [0.25, 0.3) is 5.91 Å². The maximum atomic E-state index is 15.2. The van der Waals surface area contributed by atoms with E-state index in [9.17, 15) is 9.59 Å². The van der Waals surface area contributed by atoms with Gasteiger partial charge in [-0.25, -0.2) is 14.2 Å². The number of hydrogen-bond acceptors (Lipinski definition) is 5. The first-order valence-corrected chi connectivity index (χ1v) is 13.5. The molecule has 194 valence electrons. The number of halogens is 3. The summed E-state index contributed by atoms with van der Waals surface area (Å²) in [5, 5.41) is 13.9. The van der Waals surface area contributed by atoms with Crippen LogP contribution < -0.4 is 10.1 Å². The summed E-state index contributed by atoms with van der Waals surface area (Å²) in [5.41, 5.74) is 1.18. The van der Waals surface area contributed by atoms with E-state index in [0.29, 0.717) is 23.8 Å². The Balaban J connectivity index is 1.47. The highest BCUT2D eigenvalue weighted by molar-refractivity contribution is 7.14. The van der Waals surface area contributed by atoms with Crippen LogP contribution in [-0.2, 0) is 4.79 Å². The summed E-state index contributed by atoms with van der Waals surface area (Å²) in [7, 11) is 0. The fraction of sp³-hybridized carbons (Fsp3) is 0.296. The Kier molecular flexibility index (Phi) is 8.84. The van der Waals surface area contributed by atoms with Gasteiger partial charge in [-0.05, 0) is 56.0 Å². The Bertz CT molecular complexity index is 1330. The molecule has 3 aromatic rings. The van der Waals surface area contributed by atoms with Gasteiger partial charge in [0.2, 0.25) is 0 Å².